The van der Waals surface area contributed by atoms with Gasteiger partial charge in [-0.2, -0.15) is 15.1 Å². The fraction of sp³-hybridized carbons (Fsp3) is 0.522. The summed E-state index contributed by atoms with van der Waals surface area (Å²) in [5, 5.41) is 8.75. The Morgan fingerprint density at radius 1 is 1.21 bits per heavy atom. The van der Waals surface area contributed by atoms with Crippen molar-refractivity contribution < 1.29 is 13.9 Å². The summed E-state index contributed by atoms with van der Waals surface area (Å²) in [7, 11) is 1.56. The number of piperidine rings is 1. The van der Waals surface area contributed by atoms with E-state index in [0.717, 1.165) is 47.4 Å². The number of morpholine rings is 1. The number of ether oxygens (including phenoxy) is 2. The lowest BCUT2D eigenvalue weighted by Gasteiger charge is -2.34. The predicted octanol–water partition coefficient (Wildman–Crippen LogP) is 3.19. The van der Waals surface area contributed by atoms with E-state index in [2.05, 4.69) is 44.3 Å². The summed E-state index contributed by atoms with van der Waals surface area (Å²) in [6.07, 6.45) is 1.71. The Morgan fingerprint density at radius 3 is 2.79 bits per heavy atom. The van der Waals surface area contributed by atoms with Crippen molar-refractivity contribution in [3.05, 3.63) is 35.5 Å². The Morgan fingerprint density at radius 2 is 2.03 bits per heavy atom. The second-order valence-corrected chi connectivity index (χ2v) is 8.63. The van der Waals surface area contributed by atoms with Crippen LogP contribution in [0.15, 0.2) is 24.4 Å². The normalized spacial score (nSPS) is 23.4. The quantitative estimate of drug-likeness (QED) is 0.619. The molecule has 0 bridgehead atoms. The lowest BCUT2D eigenvalue weighted by atomic mass is 9.85. The van der Waals surface area contributed by atoms with Crippen LogP contribution in [0.2, 0.25) is 0 Å². The molecule has 8 nitrogen and oxygen atoms in total. The summed E-state index contributed by atoms with van der Waals surface area (Å²) in [6.45, 7) is 7.43. The molecular formula is C23H30ClFN6O2. The Labute approximate surface area is 198 Å². The van der Waals surface area contributed by atoms with Crippen LogP contribution in [0.4, 0.5) is 10.2 Å². The summed E-state index contributed by atoms with van der Waals surface area (Å²) >= 11 is 0. The summed E-state index contributed by atoms with van der Waals surface area (Å²) in [5.74, 6) is 1.28. The number of methoxy groups -OCH3 is 1. The molecule has 2 aromatic heterocycles. The Bertz CT molecular complexity index is 1130. The molecule has 0 radical (unpaired) electrons. The van der Waals surface area contributed by atoms with E-state index in [9.17, 15) is 4.39 Å². The molecular weight excluding hydrogens is 447 g/mol. The molecule has 2 aliphatic rings. The smallest absolute Gasteiger partial charge is 0.320 e. The van der Waals surface area contributed by atoms with E-state index >= 15 is 0 Å². The molecule has 1 N–H and O–H groups in total. The second-order valence-electron chi connectivity index (χ2n) is 8.63. The lowest BCUT2D eigenvalue weighted by molar-refractivity contribution is 0.0984. The van der Waals surface area contributed by atoms with Crippen LogP contribution in [0, 0.1) is 6.92 Å². The van der Waals surface area contributed by atoms with Crippen molar-refractivity contribution >= 4 is 29.1 Å². The maximum absolute atomic E-state index is 14.7. The zero-order chi connectivity index (χ0) is 22.2. The number of benzene rings is 1. The molecule has 2 fully saturated rings. The van der Waals surface area contributed by atoms with Crippen molar-refractivity contribution in [3.63, 3.8) is 0 Å². The van der Waals surface area contributed by atoms with Gasteiger partial charge in [0.05, 0.1) is 38.1 Å². The minimum absolute atomic E-state index is 0. The molecule has 4 heterocycles. The molecule has 0 spiro atoms. The molecule has 33 heavy (non-hydrogen) atoms. The van der Waals surface area contributed by atoms with E-state index in [4.69, 9.17) is 9.47 Å². The summed E-state index contributed by atoms with van der Waals surface area (Å²) in [4.78, 5) is 11.3. The SMILES string of the molecule is COc1nc(N2CCOC[C@H]2C)cc(-n2ncc3cc(C)c([C@H]4CCNC[C@H]4F)cc32)n1.Cl. The van der Waals surface area contributed by atoms with E-state index in [-0.39, 0.29) is 30.4 Å². The number of rotatable bonds is 4. The van der Waals surface area contributed by atoms with E-state index in [0.29, 0.717) is 25.6 Å². The molecule has 1 aromatic carbocycles. The first-order valence-electron chi connectivity index (χ1n) is 11.2. The third kappa shape index (κ3) is 4.49. The van der Waals surface area contributed by atoms with Crippen molar-refractivity contribution in [2.75, 3.05) is 44.9 Å². The van der Waals surface area contributed by atoms with Gasteiger partial charge in [0.15, 0.2) is 5.82 Å². The minimum atomic E-state index is -0.898. The number of hydrogen-bond donors (Lipinski definition) is 1. The molecule has 3 atom stereocenters. The number of hydrogen-bond acceptors (Lipinski definition) is 7. The largest absolute Gasteiger partial charge is 0.467 e. The molecule has 0 unspecified atom stereocenters. The van der Waals surface area contributed by atoms with Gasteiger partial charge in [0.1, 0.15) is 12.0 Å². The molecule has 178 valence electrons. The number of aryl methyl sites for hydroxylation is 1. The highest BCUT2D eigenvalue weighted by molar-refractivity contribution is 5.85. The number of aromatic nitrogens is 4. The molecule has 2 saturated heterocycles. The maximum Gasteiger partial charge on any atom is 0.320 e. The molecule has 2 aliphatic heterocycles. The van der Waals surface area contributed by atoms with E-state index in [1.165, 1.54) is 0 Å². The number of nitrogens with one attached hydrogen (secondary N) is 1. The van der Waals surface area contributed by atoms with Crippen molar-refractivity contribution in [1.82, 2.24) is 25.1 Å². The van der Waals surface area contributed by atoms with E-state index in [1.54, 1.807) is 11.8 Å². The molecule has 3 aromatic rings. The standard InChI is InChI=1S/C23H29FN6O2.ClH/c1-14-8-16-11-26-30(20(16)9-18(14)17-4-5-25-12-19(17)24)22-10-21(27-23(28-22)31-3)29-6-7-32-13-15(29)2;/h8-11,15,17,19,25H,4-7,12-13H2,1-3H3;1H/t15-,17-,19-;/m1./s1. The van der Waals surface area contributed by atoms with E-state index in [1.807, 2.05) is 19.2 Å². The highest BCUT2D eigenvalue weighted by Gasteiger charge is 2.28. The predicted molar refractivity (Wildman–Crippen MR) is 128 cm³/mol. The number of fused-ring (bicyclic) bond motifs is 1. The van der Waals surface area contributed by atoms with Crippen molar-refractivity contribution in [2.24, 2.45) is 0 Å². The van der Waals surface area contributed by atoms with Crippen molar-refractivity contribution in [3.8, 4) is 11.8 Å². The van der Waals surface area contributed by atoms with E-state index < -0.39 is 6.17 Å². The summed E-state index contributed by atoms with van der Waals surface area (Å²) in [5.41, 5.74) is 3.03. The number of nitrogens with zero attached hydrogens (tertiary/aromatic N) is 5. The first-order chi connectivity index (χ1) is 15.5. The van der Waals surface area contributed by atoms with Crippen LogP contribution in [-0.2, 0) is 4.74 Å². The van der Waals surface area contributed by atoms with Gasteiger partial charge in [-0.1, -0.05) is 0 Å². The maximum atomic E-state index is 14.7. The fourth-order valence-electron chi connectivity index (χ4n) is 4.77. The first kappa shape index (κ1) is 23.7. The zero-order valence-corrected chi connectivity index (χ0v) is 19.9. The van der Waals surface area contributed by atoms with Gasteiger partial charge < -0.3 is 19.7 Å². The second kappa shape index (κ2) is 9.79. The third-order valence-corrected chi connectivity index (χ3v) is 6.50. The van der Waals surface area contributed by atoms with Gasteiger partial charge in [-0.05, 0) is 50.1 Å². The van der Waals surface area contributed by atoms with Gasteiger partial charge >= 0.3 is 6.01 Å². The molecule has 0 aliphatic carbocycles. The molecule has 0 amide bonds. The first-order valence-corrected chi connectivity index (χ1v) is 11.2. The number of anilines is 1. The monoisotopic (exact) mass is 476 g/mol. The fourth-order valence-corrected chi connectivity index (χ4v) is 4.77. The Hall–Kier alpha value is -2.49. The Balaban J connectivity index is 0.00000259. The van der Waals surface area contributed by atoms with Gasteiger partial charge in [-0.25, -0.2) is 9.07 Å². The number of alkyl halides is 1. The summed E-state index contributed by atoms with van der Waals surface area (Å²) in [6, 6.07) is 6.58. The molecule has 5 rings (SSSR count). The molecule has 10 heteroatoms. The van der Waals surface area contributed by atoms with Crippen LogP contribution < -0.4 is 15.0 Å². The van der Waals surface area contributed by atoms with Crippen molar-refractivity contribution in [1.29, 1.82) is 0 Å². The van der Waals surface area contributed by atoms with Gasteiger partial charge in [-0.3, -0.25) is 0 Å². The van der Waals surface area contributed by atoms with Crippen LogP contribution >= 0.6 is 12.4 Å². The van der Waals surface area contributed by atoms with Gasteiger partial charge in [0, 0.05) is 30.5 Å². The van der Waals surface area contributed by atoms with Crippen LogP contribution in [0.1, 0.15) is 30.4 Å². The topological polar surface area (TPSA) is 77.3 Å². The van der Waals surface area contributed by atoms with Crippen LogP contribution in [0.3, 0.4) is 0 Å². The summed E-state index contributed by atoms with van der Waals surface area (Å²) < 4.78 is 27.5. The Kier molecular flexibility index (Phi) is 7.02. The zero-order valence-electron chi connectivity index (χ0n) is 19.1. The average molecular weight is 477 g/mol. The third-order valence-electron chi connectivity index (χ3n) is 6.50. The average Bonchev–Trinajstić information content (AvgIpc) is 3.21. The highest BCUT2D eigenvalue weighted by Crippen LogP contribution is 2.33. The van der Waals surface area contributed by atoms with Crippen LogP contribution in [0.5, 0.6) is 6.01 Å². The molecule has 0 saturated carbocycles. The lowest BCUT2D eigenvalue weighted by Crippen LogP contribution is -2.44. The van der Waals surface area contributed by atoms with Gasteiger partial charge in [-0.15, -0.1) is 12.4 Å². The minimum Gasteiger partial charge on any atom is -0.467 e. The van der Waals surface area contributed by atoms with Crippen LogP contribution in [0.25, 0.3) is 16.7 Å². The van der Waals surface area contributed by atoms with Gasteiger partial charge in [0.2, 0.25) is 0 Å². The highest BCUT2D eigenvalue weighted by atomic mass is 35.5. The van der Waals surface area contributed by atoms with Crippen molar-refractivity contribution in [2.45, 2.75) is 38.4 Å². The number of halogens is 2. The van der Waals surface area contributed by atoms with Crippen LogP contribution in [-0.4, -0.2) is 71.9 Å². The van der Waals surface area contributed by atoms with Gasteiger partial charge in [0.25, 0.3) is 0 Å².